The van der Waals surface area contributed by atoms with Crippen LogP contribution in [-0.2, 0) is 4.74 Å². The minimum Gasteiger partial charge on any atom is -0.505 e. The van der Waals surface area contributed by atoms with Crippen LogP contribution in [0.25, 0.3) is 0 Å². The third kappa shape index (κ3) is 2.48. The monoisotopic (exact) mass is 247 g/mol. The minimum atomic E-state index is -0.0773. The number of halogens is 2. The van der Waals surface area contributed by atoms with Gasteiger partial charge in [-0.05, 0) is 18.6 Å². The minimum absolute atomic E-state index is 0.0773. The van der Waals surface area contributed by atoms with Gasteiger partial charge in [0.05, 0.1) is 22.7 Å². The topological polar surface area (TPSA) is 41.5 Å². The average Bonchev–Trinajstić information content (AvgIpc) is 2.66. The molecule has 5 heteroatoms. The Kier molecular flexibility index (Phi) is 3.24. The van der Waals surface area contributed by atoms with E-state index in [1.807, 2.05) is 0 Å². The summed E-state index contributed by atoms with van der Waals surface area (Å²) < 4.78 is 5.24. The standard InChI is InChI=1S/C10H11Cl2NO2/c11-8-3-7(4-9(12)10(8)14)13-6-1-2-15-5-6/h3-4,6,13-14H,1-2,5H2. The van der Waals surface area contributed by atoms with Crippen molar-refractivity contribution in [2.75, 3.05) is 18.5 Å². The number of anilines is 1. The van der Waals surface area contributed by atoms with Crippen LogP contribution in [0.4, 0.5) is 5.69 Å². The molecule has 0 aliphatic carbocycles. The molecule has 1 fully saturated rings. The summed E-state index contributed by atoms with van der Waals surface area (Å²) in [5.41, 5.74) is 0.804. The fourth-order valence-electron chi connectivity index (χ4n) is 1.53. The van der Waals surface area contributed by atoms with E-state index in [-0.39, 0.29) is 15.8 Å². The molecule has 15 heavy (non-hydrogen) atoms. The Hall–Kier alpha value is -0.640. The largest absolute Gasteiger partial charge is 0.505 e. The molecule has 0 aromatic heterocycles. The number of rotatable bonds is 2. The Bertz CT molecular complexity index is 341. The van der Waals surface area contributed by atoms with Gasteiger partial charge in [-0.15, -0.1) is 0 Å². The van der Waals surface area contributed by atoms with Gasteiger partial charge < -0.3 is 15.2 Å². The molecule has 1 atom stereocenters. The van der Waals surface area contributed by atoms with E-state index in [2.05, 4.69) is 5.32 Å². The summed E-state index contributed by atoms with van der Waals surface area (Å²) in [4.78, 5) is 0. The second-order valence-electron chi connectivity index (χ2n) is 3.49. The highest BCUT2D eigenvalue weighted by atomic mass is 35.5. The third-order valence-corrected chi connectivity index (χ3v) is 2.89. The highest BCUT2D eigenvalue weighted by Crippen LogP contribution is 2.35. The van der Waals surface area contributed by atoms with E-state index in [9.17, 15) is 5.11 Å². The summed E-state index contributed by atoms with van der Waals surface area (Å²) in [6, 6.07) is 3.60. The Morgan fingerprint density at radius 1 is 1.33 bits per heavy atom. The normalized spacial score (nSPS) is 20.5. The first-order valence-electron chi connectivity index (χ1n) is 4.69. The molecule has 1 aromatic carbocycles. The van der Waals surface area contributed by atoms with Crippen molar-refractivity contribution in [1.82, 2.24) is 0 Å². The molecule has 0 bridgehead atoms. The number of hydrogen-bond donors (Lipinski definition) is 2. The van der Waals surface area contributed by atoms with Gasteiger partial charge in [-0.3, -0.25) is 0 Å². The highest BCUT2D eigenvalue weighted by molar-refractivity contribution is 6.37. The van der Waals surface area contributed by atoms with Crippen LogP contribution in [0.15, 0.2) is 12.1 Å². The Balaban J connectivity index is 2.14. The van der Waals surface area contributed by atoms with Gasteiger partial charge >= 0.3 is 0 Å². The van der Waals surface area contributed by atoms with Crippen molar-refractivity contribution >= 4 is 28.9 Å². The van der Waals surface area contributed by atoms with E-state index < -0.39 is 0 Å². The van der Waals surface area contributed by atoms with Gasteiger partial charge in [0.15, 0.2) is 5.75 Å². The molecule has 0 amide bonds. The Morgan fingerprint density at radius 2 is 2.00 bits per heavy atom. The Labute approximate surface area is 97.9 Å². The molecule has 0 saturated carbocycles. The van der Waals surface area contributed by atoms with Crippen molar-refractivity contribution in [3.63, 3.8) is 0 Å². The van der Waals surface area contributed by atoms with Gasteiger partial charge in [0.2, 0.25) is 0 Å². The van der Waals surface area contributed by atoms with Crippen LogP contribution < -0.4 is 5.32 Å². The lowest BCUT2D eigenvalue weighted by molar-refractivity contribution is 0.195. The van der Waals surface area contributed by atoms with Crippen molar-refractivity contribution in [3.05, 3.63) is 22.2 Å². The van der Waals surface area contributed by atoms with E-state index in [0.29, 0.717) is 12.6 Å². The zero-order chi connectivity index (χ0) is 10.8. The van der Waals surface area contributed by atoms with E-state index >= 15 is 0 Å². The lowest BCUT2D eigenvalue weighted by Gasteiger charge is -2.13. The molecule has 1 unspecified atom stereocenters. The first-order chi connectivity index (χ1) is 7.16. The van der Waals surface area contributed by atoms with Gasteiger partial charge in [0, 0.05) is 12.3 Å². The summed E-state index contributed by atoms with van der Waals surface area (Å²) in [6.07, 6.45) is 0.968. The first kappa shape index (κ1) is 10.9. The van der Waals surface area contributed by atoms with E-state index in [0.717, 1.165) is 18.7 Å². The van der Waals surface area contributed by atoms with Gasteiger partial charge in [-0.25, -0.2) is 0 Å². The number of ether oxygens (including phenoxy) is 1. The van der Waals surface area contributed by atoms with Crippen LogP contribution in [0.1, 0.15) is 6.42 Å². The summed E-state index contributed by atoms with van der Waals surface area (Å²) in [5.74, 6) is -0.0773. The number of phenolic OH excluding ortho intramolecular Hbond substituents is 1. The third-order valence-electron chi connectivity index (χ3n) is 2.32. The van der Waals surface area contributed by atoms with Crippen molar-refractivity contribution in [3.8, 4) is 5.75 Å². The molecule has 1 aromatic rings. The predicted molar refractivity (Wildman–Crippen MR) is 61.0 cm³/mol. The van der Waals surface area contributed by atoms with Crippen LogP contribution in [0.2, 0.25) is 10.0 Å². The van der Waals surface area contributed by atoms with Crippen LogP contribution in [0, 0.1) is 0 Å². The molecule has 1 heterocycles. The molecular formula is C10H11Cl2NO2. The summed E-state index contributed by atoms with van der Waals surface area (Å²) >= 11 is 11.6. The van der Waals surface area contributed by atoms with Gasteiger partial charge in [0.25, 0.3) is 0 Å². The molecule has 2 N–H and O–H groups in total. The van der Waals surface area contributed by atoms with Crippen molar-refractivity contribution in [1.29, 1.82) is 0 Å². The van der Waals surface area contributed by atoms with Crippen LogP contribution >= 0.6 is 23.2 Å². The van der Waals surface area contributed by atoms with Gasteiger partial charge in [-0.2, -0.15) is 0 Å². The molecule has 0 radical (unpaired) electrons. The highest BCUT2D eigenvalue weighted by Gasteiger charge is 2.16. The van der Waals surface area contributed by atoms with Crippen LogP contribution in [0.5, 0.6) is 5.75 Å². The second kappa shape index (κ2) is 4.47. The molecular weight excluding hydrogens is 237 g/mol. The number of hydrogen-bond acceptors (Lipinski definition) is 3. The zero-order valence-corrected chi connectivity index (χ0v) is 9.48. The van der Waals surface area contributed by atoms with E-state index in [4.69, 9.17) is 27.9 Å². The van der Waals surface area contributed by atoms with Gasteiger partial charge in [0.1, 0.15) is 0 Å². The lowest BCUT2D eigenvalue weighted by Crippen LogP contribution is -2.18. The molecule has 1 aliphatic heterocycles. The Morgan fingerprint density at radius 3 is 2.53 bits per heavy atom. The lowest BCUT2D eigenvalue weighted by atomic mass is 10.2. The first-order valence-corrected chi connectivity index (χ1v) is 5.44. The van der Waals surface area contributed by atoms with Crippen LogP contribution in [0.3, 0.4) is 0 Å². The van der Waals surface area contributed by atoms with Crippen molar-refractivity contribution < 1.29 is 9.84 Å². The summed E-state index contributed by atoms with van der Waals surface area (Å²) in [6.45, 7) is 1.47. The number of aromatic hydroxyl groups is 1. The number of phenols is 1. The molecule has 2 rings (SSSR count). The fourth-order valence-corrected chi connectivity index (χ4v) is 2.02. The van der Waals surface area contributed by atoms with Crippen LogP contribution in [-0.4, -0.2) is 24.4 Å². The molecule has 3 nitrogen and oxygen atoms in total. The second-order valence-corrected chi connectivity index (χ2v) is 4.31. The summed E-state index contributed by atoms with van der Waals surface area (Å²) in [7, 11) is 0. The maximum absolute atomic E-state index is 9.38. The maximum atomic E-state index is 9.38. The molecule has 1 aliphatic rings. The average molecular weight is 248 g/mol. The van der Waals surface area contributed by atoms with E-state index in [1.165, 1.54) is 0 Å². The SMILES string of the molecule is Oc1c(Cl)cc(NC2CCOC2)cc1Cl. The number of nitrogens with one attached hydrogen (secondary N) is 1. The predicted octanol–water partition coefficient (Wildman–Crippen LogP) is 2.90. The quantitative estimate of drug-likeness (QED) is 0.790. The molecule has 82 valence electrons. The van der Waals surface area contributed by atoms with E-state index in [1.54, 1.807) is 12.1 Å². The fraction of sp³-hybridized carbons (Fsp3) is 0.400. The maximum Gasteiger partial charge on any atom is 0.152 e. The smallest absolute Gasteiger partial charge is 0.152 e. The number of benzene rings is 1. The van der Waals surface area contributed by atoms with Crippen molar-refractivity contribution in [2.24, 2.45) is 0 Å². The van der Waals surface area contributed by atoms with Crippen molar-refractivity contribution in [2.45, 2.75) is 12.5 Å². The molecule has 0 spiro atoms. The molecule has 1 saturated heterocycles. The summed E-state index contributed by atoms with van der Waals surface area (Å²) in [5, 5.41) is 13.1. The zero-order valence-electron chi connectivity index (χ0n) is 7.96. The van der Waals surface area contributed by atoms with Gasteiger partial charge in [-0.1, -0.05) is 23.2 Å².